The molecule has 0 amide bonds. The van der Waals surface area contributed by atoms with Gasteiger partial charge in [-0.2, -0.15) is 0 Å². The molecule has 0 spiro atoms. The van der Waals surface area contributed by atoms with Crippen molar-refractivity contribution in [1.82, 2.24) is 0 Å². The van der Waals surface area contributed by atoms with E-state index in [4.69, 9.17) is 6.42 Å². The molecule has 0 unspecified atom stereocenters. The van der Waals surface area contributed by atoms with Crippen LogP contribution in [-0.2, 0) is 4.79 Å². The molecule has 2 nitrogen and oxygen atoms in total. The highest BCUT2D eigenvalue weighted by atomic mass is 16.3. The molecule has 0 aromatic carbocycles. The summed E-state index contributed by atoms with van der Waals surface area (Å²) < 4.78 is 0. The summed E-state index contributed by atoms with van der Waals surface area (Å²) in [5.74, 6) is 11.1. The fraction of sp³-hybridized carbons (Fsp3) is 0.708. The summed E-state index contributed by atoms with van der Waals surface area (Å²) in [5, 5.41) is 11.4. The number of hydrogen-bond acceptors (Lipinski definition) is 2. The number of ketones is 1. The van der Waals surface area contributed by atoms with Crippen molar-refractivity contribution < 1.29 is 9.90 Å². The molecule has 0 aliphatic heterocycles. The predicted octanol–water partition coefficient (Wildman–Crippen LogP) is 4.13. The molecule has 4 rings (SSSR count). The van der Waals surface area contributed by atoms with Crippen LogP contribution in [-0.4, -0.2) is 16.5 Å². The summed E-state index contributed by atoms with van der Waals surface area (Å²) in [4.78, 5) is 12.0. The van der Waals surface area contributed by atoms with Crippen molar-refractivity contribution in [3.8, 4) is 24.2 Å². The van der Waals surface area contributed by atoms with E-state index in [-0.39, 0.29) is 22.5 Å². The lowest BCUT2D eigenvalue weighted by atomic mass is 9.43. The third-order valence-corrected chi connectivity index (χ3v) is 8.62. The van der Waals surface area contributed by atoms with Gasteiger partial charge in [-0.15, -0.1) is 18.3 Å². The van der Waals surface area contributed by atoms with E-state index in [1.807, 2.05) is 13.0 Å². The maximum Gasteiger partial charge on any atom is 0.155 e. The third kappa shape index (κ3) is 2.15. The summed E-state index contributed by atoms with van der Waals surface area (Å²) in [6, 6.07) is 0. The van der Waals surface area contributed by atoms with Crippen molar-refractivity contribution in [1.29, 1.82) is 0 Å². The number of rotatable bonds is 0. The summed E-state index contributed by atoms with van der Waals surface area (Å²) in [6.07, 6.45) is 14.3. The molecule has 3 fully saturated rings. The normalized spacial score (nSPS) is 49.7. The van der Waals surface area contributed by atoms with Gasteiger partial charge < -0.3 is 5.11 Å². The van der Waals surface area contributed by atoms with Gasteiger partial charge in [-0.1, -0.05) is 25.3 Å². The molecule has 138 valence electrons. The van der Waals surface area contributed by atoms with Crippen LogP contribution in [0.3, 0.4) is 0 Å². The van der Waals surface area contributed by atoms with Gasteiger partial charge in [-0.05, 0) is 74.7 Å². The van der Waals surface area contributed by atoms with Crippen LogP contribution in [0.2, 0.25) is 0 Å². The lowest BCUT2D eigenvalue weighted by Crippen LogP contribution is -2.57. The van der Waals surface area contributed by atoms with Gasteiger partial charge in [0.1, 0.15) is 5.60 Å². The van der Waals surface area contributed by atoms with Gasteiger partial charge in [0.15, 0.2) is 5.78 Å². The maximum atomic E-state index is 12.0. The Kier molecular flexibility index (Phi) is 3.95. The minimum atomic E-state index is -0.911. The van der Waals surface area contributed by atoms with E-state index in [1.165, 1.54) is 5.57 Å². The number of carbonyl (C=O) groups is 1. The van der Waals surface area contributed by atoms with E-state index in [9.17, 15) is 9.90 Å². The topological polar surface area (TPSA) is 37.3 Å². The lowest BCUT2D eigenvalue weighted by Gasteiger charge is -2.60. The van der Waals surface area contributed by atoms with Crippen molar-refractivity contribution in [2.45, 2.75) is 71.3 Å². The van der Waals surface area contributed by atoms with Gasteiger partial charge in [0, 0.05) is 17.8 Å². The molecular formula is C24H30O2. The van der Waals surface area contributed by atoms with Gasteiger partial charge in [0.05, 0.1) is 0 Å². The monoisotopic (exact) mass is 350 g/mol. The lowest BCUT2D eigenvalue weighted by molar-refractivity contribution is -0.124. The zero-order valence-corrected chi connectivity index (χ0v) is 16.3. The second-order valence-corrected chi connectivity index (χ2v) is 9.56. The molecule has 26 heavy (non-hydrogen) atoms. The van der Waals surface area contributed by atoms with Gasteiger partial charge in [-0.25, -0.2) is 0 Å². The highest BCUT2D eigenvalue weighted by molar-refractivity contribution is 5.91. The second kappa shape index (κ2) is 5.74. The zero-order chi connectivity index (χ0) is 18.7. The van der Waals surface area contributed by atoms with Crippen LogP contribution in [0.15, 0.2) is 11.6 Å². The van der Waals surface area contributed by atoms with Crippen LogP contribution in [0.4, 0.5) is 0 Å². The Balaban J connectivity index is 1.79. The second-order valence-electron chi connectivity index (χ2n) is 9.56. The number of allylic oxidation sites excluding steroid dienone is 1. The molecule has 0 saturated heterocycles. The zero-order valence-electron chi connectivity index (χ0n) is 16.3. The average molecular weight is 351 g/mol. The standard InChI is InChI=1S/C24H30O2/c1-5-11-24(26)13-10-20-19-8-7-17-14-18(25)9-12-22(17,3)21(19)16(6-2)15-23(20,24)4/h2,14,16,19-21,26H,7-10,12-13,15H2,1,3-4H3/t16-,19-,20-,21-,22-,23-,24-/m0/s1. The van der Waals surface area contributed by atoms with Crippen LogP contribution in [0, 0.1) is 58.7 Å². The van der Waals surface area contributed by atoms with Gasteiger partial charge in [0.25, 0.3) is 0 Å². The molecule has 0 heterocycles. The summed E-state index contributed by atoms with van der Waals surface area (Å²) in [7, 11) is 0. The molecule has 4 aliphatic rings. The molecule has 3 saturated carbocycles. The summed E-state index contributed by atoms with van der Waals surface area (Å²) in [5.41, 5.74) is 0.245. The summed E-state index contributed by atoms with van der Waals surface area (Å²) in [6.45, 7) is 6.40. The fourth-order valence-corrected chi connectivity index (χ4v) is 7.32. The van der Waals surface area contributed by atoms with Gasteiger partial charge >= 0.3 is 0 Å². The summed E-state index contributed by atoms with van der Waals surface area (Å²) >= 11 is 0. The molecule has 0 bridgehead atoms. The number of hydrogen-bond donors (Lipinski definition) is 1. The van der Waals surface area contributed by atoms with Crippen LogP contribution in [0.5, 0.6) is 0 Å². The molecule has 4 aliphatic carbocycles. The van der Waals surface area contributed by atoms with E-state index in [0.717, 1.165) is 38.5 Å². The van der Waals surface area contributed by atoms with E-state index >= 15 is 0 Å². The first-order valence-corrected chi connectivity index (χ1v) is 10.2. The van der Waals surface area contributed by atoms with E-state index < -0.39 is 5.60 Å². The average Bonchev–Trinajstić information content (AvgIpc) is 2.86. The highest BCUT2D eigenvalue weighted by Gasteiger charge is 2.66. The maximum absolute atomic E-state index is 12.0. The quantitative estimate of drug-likeness (QED) is 0.667. The molecular weight excluding hydrogens is 320 g/mol. The Hall–Kier alpha value is -1.51. The van der Waals surface area contributed by atoms with Crippen molar-refractivity contribution in [3.63, 3.8) is 0 Å². The largest absolute Gasteiger partial charge is 0.377 e. The highest BCUT2D eigenvalue weighted by Crippen LogP contribution is 2.68. The molecule has 1 N–H and O–H groups in total. The van der Waals surface area contributed by atoms with Gasteiger partial charge in [-0.3, -0.25) is 4.79 Å². The van der Waals surface area contributed by atoms with E-state index in [2.05, 4.69) is 31.6 Å². The third-order valence-electron chi connectivity index (χ3n) is 8.62. The first-order valence-electron chi connectivity index (χ1n) is 10.2. The Labute approximate surface area is 157 Å². The molecule has 2 heteroatoms. The Morgan fingerprint density at radius 3 is 2.69 bits per heavy atom. The van der Waals surface area contributed by atoms with Crippen LogP contribution in [0.1, 0.15) is 65.7 Å². The SMILES string of the molecule is C#C[C@H]1C[C@@]2(C)[C@@H](CC[C@@]2(O)C#CC)[C@@H]2CCC3=CC(=O)CC[C@]3(C)[C@H]21. The van der Waals surface area contributed by atoms with E-state index in [1.54, 1.807) is 0 Å². The van der Waals surface area contributed by atoms with Crippen LogP contribution in [0.25, 0.3) is 0 Å². The minimum Gasteiger partial charge on any atom is -0.377 e. The predicted molar refractivity (Wildman–Crippen MR) is 103 cm³/mol. The number of fused-ring (bicyclic) bond motifs is 5. The molecule has 0 radical (unpaired) electrons. The number of aliphatic hydroxyl groups is 1. The molecule has 0 aromatic rings. The Morgan fingerprint density at radius 2 is 2.00 bits per heavy atom. The Bertz CT molecular complexity index is 774. The molecule has 7 atom stereocenters. The van der Waals surface area contributed by atoms with E-state index in [0.29, 0.717) is 24.2 Å². The van der Waals surface area contributed by atoms with Gasteiger partial charge in [0.2, 0.25) is 0 Å². The molecule has 0 aromatic heterocycles. The van der Waals surface area contributed by atoms with Crippen molar-refractivity contribution in [2.24, 2.45) is 34.5 Å². The number of terminal acetylenes is 1. The first kappa shape index (κ1) is 17.9. The van der Waals surface area contributed by atoms with Crippen molar-refractivity contribution in [3.05, 3.63) is 11.6 Å². The smallest absolute Gasteiger partial charge is 0.155 e. The minimum absolute atomic E-state index is 0.0480. The van der Waals surface area contributed by atoms with Crippen molar-refractivity contribution in [2.75, 3.05) is 0 Å². The van der Waals surface area contributed by atoms with Crippen LogP contribution >= 0.6 is 0 Å². The van der Waals surface area contributed by atoms with Crippen LogP contribution < -0.4 is 0 Å². The number of carbonyl (C=O) groups excluding carboxylic acids is 1. The first-order chi connectivity index (χ1) is 12.3. The Morgan fingerprint density at radius 1 is 1.23 bits per heavy atom. The van der Waals surface area contributed by atoms with Crippen molar-refractivity contribution >= 4 is 5.78 Å². The fourth-order valence-electron chi connectivity index (χ4n) is 7.32.